The number of nitrogens with two attached hydrogens (primary N) is 1. The van der Waals surface area contributed by atoms with Crippen molar-refractivity contribution in [1.29, 1.82) is 0 Å². The smallest absolute Gasteiger partial charge is 0.301 e. The Bertz CT molecular complexity index is 980. The Morgan fingerprint density at radius 1 is 1.23 bits per heavy atom. The van der Waals surface area contributed by atoms with Crippen LogP contribution in [0.3, 0.4) is 0 Å². The largest absolute Gasteiger partial charge is 0.480 e. The normalized spacial score (nSPS) is 24.5. The number of benzene rings is 1. The van der Waals surface area contributed by atoms with Crippen LogP contribution in [0.1, 0.15) is 31.7 Å². The lowest BCUT2D eigenvalue weighted by Crippen LogP contribution is -2.44. The summed E-state index contributed by atoms with van der Waals surface area (Å²) in [5, 5.41) is 3.30. The van der Waals surface area contributed by atoms with Crippen LogP contribution in [-0.4, -0.2) is 23.1 Å². The molecule has 1 atom stereocenters. The molecule has 3 aliphatic rings. The van der Waals surface area contributed by atoms with Gasteiger partial charge in [-0.3, -0.25) is 4.79 Å². The highest BCUT2D eigenvalue weighted by Crippen LogP contribution is 2.47. The first-order valence-corrected chi connectivity index (χ1v) is 8.81. The van der Waals surface area contributed by atoms with E-state index in [2.05, 4.69) is 5.32 Å². The molecule has 0 saturated heterocycles. The van der Waals surface area contributed by atoms with Crippen LogP contribution >= 0.6 is 0 Å². The molecule has 26 heavy (non-hydrogen) atoms. The van der Waals surface area contributed by atoms with Gasteiger partial charge in [0.15, 0.2) is 6.61 Å². The number of halogens is 3. The van der Waals surface area contributed by atoms with E-state index in [0.717, 1.165) is 12.8 Å². The molecule has 0 radical (unpaired) electrons. The summed E-state index contributed by atoms with van der Waals surface area (Å²) < 4.78 is 50.0. The number of alkyl halides is 2. The van der Waals surface area contributed by atoms with Crippen LogP contribution in [0.25, 0.3) is 10.9 Å². The molecule has 0 bridgehead atoms. The van der Waals surface area contributed by atoms with E-state index in [1.54, 1.807) is 0 Å². The van der Waals surface area contributed by atoms with Crippen molar-refractivity contribution in [3.63, 3.8) is 0 Å². The molecule has 1 aromatic heterocycles. The van der Waals surface area contributed by atoms with E-state index in [9.17, 15) is 18.0 Å². The summed E-state index contributed by atoms with van der Waals surface area (Å²) in [7, 11) is 0. The minimum atomic E-state index is -3.10. The fourth-order valence-electron chi connectivity index (χ4n) is 3.81. The zero-order valence-corrected chi connectivity index (χ0v) is 13.9. The number of aromatic nitrogens is 1. The molecule has 0 amide bonds. The molecule has 1 aliphatic heterocycles. The first-order chi connectivity index (χ1) is 12.4. The van der Waals surface area contributed by atoms with Gasteiger partial charge >= 0.3 is 5.92 Å². The summed E-state index contributed by atoms with van der Waals surface area (Å²) in [5.74, 6) is -4.03. The van der Waals surface area contributed by atoms with Gasteiger partial charge < -0.3 is 20.4 Å². The van der Waals surface area contributed by atoms with Gasteiger partial charge in [0, 0.05) is 17.5 Å². The molecule has 138 valence electrons. The molecule has 5 rings (SSSR count). The van der Waals surface area contributed by atoms with Gasteiger partial charge in [-0.25, -0.2) is 13.2 Å². The van der Waals surface area contributed by atoms with Gasteiger partial charge in [0.2, 0.25) is 5.75 Å². The van der Waals surface area contributed by atoms with E-state index >= 15 is 0 Å². The van der Waals surface area contributed by atoms with Crippen LogP contribution < -0.4 is 21.3 Å². The van der Waals surface area contributed by atoms with Crippen LogP contribution in [0.2, 0.25) is 0 Å². The third-order valence-corrected chi connectivity index (χ3v) is 5.45. The number of hydrogen-bond acceptors (Lipinski definition) is 4. The van der Waals surface area contributed by atoms with Gasteiger partial charge in [-0.05, 0) is 37.7 Å². The van der Waals surface area contributed by atoms with Gasteiger partial charge in [-0.2, -0.15) is 0 Å². The third kappa shape index (κ3) is 2.27. The number of fused-ring (bicyclic) bond motifs is 3. The molecule has 2 aromatic rings. The monoisotopic (exact) mass is 365 g/mol. The lowest BCUT2D eigenvalue weighted by Gasteiger charge is -2.25. The lowest BCUT2D eigenvalue weighted by molar-refractivity contribution is -0.0579. The van der Waals surface area contributed by atoms with Gasteiger partial charge in [-0.15, -0.1) is 0 Å². The Hall–Kier alpha value is -2.38. The molecule has 1 aromatic carbocycles. The molecule has 2 saturated carbocycles. The highest BCUT2D eigenvalue weighted by molar-refractivity contribution is 5.97. The average molecular weight is 365 g/mol. The molecule has 2 fully saturated rings. The maximum absolute atomic E-state index is 14.6. The Kier molecular flexibility index (Phi) is 3.10. The number of nitrogen functional groups attached to an aromatic ring is 1. The third-order valence-electron chi connectivity index (χ3n) is 5.45. The summed E-state index contributed by atoms with van der Waals surface area (Å²) in [6, 6.07) is 1.42. The second-order valence-electron chi connectivity index (χ2n) is 7.51. The van der Waals surface area contributed by atoms with Crippen molar-refractivity contribution in [2.45, 2.75) is 43.7 Å². The van der Waals surface area contributed by atoms with Crippen LogP contribution in [-0.2, 0) is 0 Å². The molecule has 0 spiro atoms. The van der Waals surface area contributed by atoms with E-state index in [-0.39, 0.29) is 29.1 Å². The van der Waals surface area contributed by atoms with Crippen molar-refractivity contribution in [2.75, 3.05) is 17.7 Å². The Labute approximate surface area is 146 Å². The molecular weight excluding hydrogens is 347 g/mol. The van der Waals surface area contributed by atoms with E-state index in [4.69, 9.17) is 10.5 Å². The maximum Gasteiger partial charge on any atom is 0.301 e. The Balaban J connectivity index is 1.80. The molecule has 2 heterocycles. The average Bonchev–Trinajstić information content (AvgIpc) is 3.44. The van der Waals surface area contributed by atoms with Gasteiger partial charge in [0.1, 0.15) is 5.82 Å². The predicted molar refractivity (Wildman–Crippen MR) is 91.4 cm³/mol. The van der Waals surface area contributed by atoms with Crippen molar-refractivity contribution in [1.82, 2.24) is 4.57 Å². The predicted octanol–water partition coefficient (Wildman–Crippen LogP) is 3.28. The summed E-state index contributed by atoms with van der Waals surface area (Å²) in [6.07, 6.45) is 2.98. The number of ether oxygens (including phenoxy) is 1. The van der Waals surface area contributed by atoms with Crippen molar-refractivity contribution in [2.24, 2.45) is 5.92 Å². The van der Waals surface area contributed by atoms with E-state index < -0.39 is 29.9 Å². The standard InChI is InChI=1S/C18H18F3N3O2/c19-11-6-13-10(5-12(11)22)14-15(17(25)24(13)9-3-4-9)26-7-18(20,21)16(23-14)8-1-2-8/h5-6,8-9,16,23H,1-4,7,22H2. The molecule has 1 unspecified atom stereocenters. The molecular formula is C18H18F3N3O2. The summed E-state index contributed by atoms with van der Waals surface area (Å²) in [5.41, 5.74) is 5.68. The minimum Gasteiger partial charge on any atom is -0.480 e. The molecule has 2 aliphatic carbocycles. The molecule has 3 N–H and O–H groups in total. The summed E-state index contributed by atoms with van der Waals surface area (Å²) >= 11 is 0. The molecule has 5 nitrogen and oxygen atoms in total. The zero-order chi connectivity index (χ0) is 18.2. The van der Waals surface area contributed by atoms with Gasteiger partial charge in [-0.1, -0.05) is 0 Å². The second kappa shape index (κ2) is 5.08. The number of pyridine rings is 1. The van der Waals surface area contributed by atoms with Crippen molar-refractivity contribution in [3.05, 3.63) is 28.3 Å². The Morgan fingerprint density at radius 2 is 1.96 bits per heavy atom. The second-order valence-corrected chi connectivity index (χ2v) is 7.51. The topological polar surface area (TPSA) is 69.3 Å². The van der Waals surface area contributed by atoms with Crippen LogP contribution in [0.5, 0.6) is 5.75 Å². The number of nitrogens with one attached hydrogen (secondary N) is 1. The molecule has 8 heteroatoms. The number of hydrogen-bond donors (Lipinski definition) is 2. The maximum atomic E-state index is 14.6. The van der Waals surface area contributed by atoms with Crippen LogP contribution in [0.4, 0.5) is 24.5 Å². The van der Waals surface area contributed by atoms with E-state index in [1.807, 2.05) is 0 Å². The van der Waals surface area contributed by atoms with Gasteiger partial charge in [0.05, 0.1) is 22.9 Å². The minimum absolute atomic E-state index is 0.0649. The quantitative estimate of drug-likeness (QED) is 0.802. The lowest BCUT2D eigenvalue weighted by atomic mass is 10.0. The SMILES string of the molecule is Nc1cc2c3c(c(=O)n(C4CC4)c2cc1F)OCC(F)(F)C(C1CC1)N3. The Morgan fingerprint density at radius 3 is 2.62 bits per heavy atom. The summed E-state index contributed by atoms with van der Waals surface area (Å²) in [6.45, 7) is -0.851. The van der Waals surface area contributed by atoms with E-state index in [0.29, 0.717) is 23.7 Å². The fraction of sp³-hybridized carbons (Fsp3) is 0.500. The summed E-state index contributed by atoms with van der Waals surface area (Å²) in [4.78, 5) is 13.0. The first kappa shape index (κ1) is 15.8. The van der Waals surface area contributed by atoms with E-state index in [1.165, 1.54) is 16.7 Å². The van der Waals surface area contributed by atoms with Crippen molar-refractivity contribution < 1.29 is 17.9 Å². The number of rotatable bonds is 2. The van der Waals surface area contributed by atoms with Gasteiger partial charge in [0.25, 0.3) is 5.56 Å². The zero-order valence-electron chi connectivity index (χ0n) is 13.9. The number of anilines is 2. The first-order valence-electron chi connectivity index (χ1n) is 8.81. The highest BCUT2D eigenvalue weighted by atomic mass is 19.3. The number of nitrogens with zero attached hydrogens (tertiary/aromatic N) is 1. The van der Waals surface area contributed by atoms with Crippen LogP contribution in [0.15, 0.2) is 16.9 Å². The fourth-order valence-corrected chi connectivity index (χ4v) is 3.81. The van der Waals surface area contributed by atoms with Crippen LogP contribution in [0, 0.1) is 11.7 Å². The van der Waals surface area contributed by atoms with Crippen molar-refractivity contribution in [3.8, 4) is 5.75 Å². The highest BCUT2D eigenvalue weighted by Gasteiger charge is 2.51. The van der Waals surface area contributed by atoms with Crippen molar-refractivity contribution >= 4 is 22.3 Å².